The molecule has 7 nitrogen and oxygen atoms in total. The van der Waals surface area contributed by atoms with Gasteiger partial charge >= 0.3 is 5.97 Å². The lowest BCUT2D eigenvalue weighted by Gasteiger charge is -2.16. The molecule has 1 aromatic heterocycles. The number of aryl methyl sites for hydroxylation is 2. The van der Waals surface area contributed by atoms with Crippen molar-refractivity contribution in [2.75, 3.05) is 4.90 Å². The van der Waals surface area contributed by atoms with Crippen LogP contribution in [0.1, 0.15) is 51.6 Å². The molecule has 6 rings (SSSR count). The number of carbonyl (C=O) groups is 4. The fourth-order valence-corrected chi connectivity index (χ4v) is 5.72. The minimum absolute atomic E-state index is 0.166. The van der Waals surface area contributed by atoms with Crippen LogP contribution >= 0.6 is 0 Å². The van der Waals surface area contributed by atoms with Crippen molar-refractivity contribution < 1.29 is 23.9 Å². The van der Waals surface area contributed by atoms with Gasteiger partial charge < -0.3 is 4.74 Å². The van der Waals surface area contributed by atoms with E-state index in [4.69, 9.17) is 9.72 Å². The molecule has 2 aliphatic rings. The zero-order valence-corrected chi connectivity index (χ0v) is 23.7. The van der Waals surface area contributed by atoms with Gasteiger partial charge in [0.2, 0.25) is 17.6 Å². The Morgan fingerprint density at radius 1 is 0.833 bits per heavy atom. The first-order valence-corrected chi connectivity index (χ1v) is 14.1. The van der Waals surface area contributed by atoms with Gasteiger partial charge in [0.25, 0.3) is 0 Å². The summed E-state index contributed by atoms with van der Waals surface area (Å²) in [6.45, 7) is 5.44. The van der Waals surface area contributed by atoms with Crippen LogP contribution in [0.2, 0.25) is 0 Å². The van der Waals surface area contributed by atoms with Gasteiger partial charge in [-0.2, -0.15) is 0 Å². The van der Waals surface area contributed by atoms with Crippen LogP contribution in [-0.4, -0.2) is 34.7 Å². The summed E-state index contributed by atoms with van der Waals surface area (Å²) >= 11 is 0. The Labute approximate surface area is 243 Å². The summed E-state index contributed by atoms with van der Waals surface area (Å²) in [5.74, 6) is -1.84. The second kappa shape index (κ2) is 10.8. The molecule has 0 N–H and O–H groups in total. The van der Waals surface area contributed by atoms with Crippen LogP contribution < -0.4 is 4.90 Å². The van der Waals surface area contributed by atoms with Gasteiger partial charge in [-0.05, 0) is 63.9 Å². The number of benzene rings is 3. The molecular weight excluding hydrogens is 528 g/mol. The van der Waals surface area contributed by atoms with E-state index in [0.717, 1.165) is 11.1 Å². The summed E-state index contributed by atoms with van der Waals surface area (Å²) in [6, 6.07) is 21.5. The van der Waals surface area contributed by atoms with E-state index in [0.29, 0.717) is 51.8 Å². The van der Waals surface area contributed by atoms with Gasteiger partial charge in [-0.15, -0.1) is 0 Å². The number of esters is 1. The quantitative estimate of drug-likeness (QED) is 0.118. The van der Waals surface area contributed by atoms with Gasteiger partial charge in [0.05, 0.1) is 34.3 Å². The normalized spacial score (nSPS) is 18.7. The molecule has 42 heavy (non-hydrogen) atoms. The maximum absolute atomic E-state index is 13.5. The zero-order chi connectivity index (χ0) is 29.5. The number of aromatic nitrogens is 1. The number of imide groups is 1. The van der Waals surface area contributed by atoms with E-state index in [9.17, 15) is 19.2 Å². The number of ketones is 1. The first kappa shape index (κ1) is 27.3. The number of allylic oxidation sites excluding steroid dienone is 2. The average molecular weight is 559 g/mol. The molecule has 7 heteroatoms. The average Bonchev–Trinajstić information content (AvgIpc) is 3.26. The minimum atomic E-state index is -0.981. The van der Waals surface area contributed by atoms with E-state index in [1.54, 1.807) is 49.4 Å². The van der Waals surface area contributed by atoms with Crippen LogP contribution in [0, 0.1) is 25.7 Å². The fourth-order valence-electron chi connectivity index (χ4n) is 5.72. The molecule has 0 radical (unpaired) electrons. The highest BCUT2D eigenvalue weighted by atomic mass is 16.5. The Bertz CT molecular complexity index is 1750. The van der Waals surface area contributed by atoms with E-state index in [1.807, 2.05) is 56.3 Å². The summed E-state index contributed by atoms with van der Waals surface area (Å²) in [7, 11) is 0. The lowest BCUT2D eigenvalue weighted by atomic mass is 9.85. The smallest absolute Gasteiger partial charge is 0.339 e. The second-order valence-corrected chi connectivity index (χ2v) is 11.1. The molecule has 1 aliphatic carbocycles. The molecule has 1 saturated heterocycles. The molecule has 3 aromatic carbocycles. The third-order valence-corrected chi connectivity index (χ3v) is 8.10. The third-order valence-electron chi connectivity index (χ3n) is 8.10. The molecular formula is C35H30N2O5. The summed E-state index contributed by atoms with van der Waals surface area (Å²) in [6.07, 6.45) is 4.11. The lowest BCUT2D eigenvalue weighted by Crippen LogP contribution is -2.30. The van der Waals surface area contributed by atoms with Crippen LogP contribution in [0.25, 0.3) is 22.2 Å². The Balaban J connectivity index is 1.30. The Morgan fingerprint density at radius 2 is 1.45 bits per heavy atom. The number of pyridine rings is 1. The summed E-state index contributed by atoms with van der Waals surface area (Å²) in [5.41, 5.74) is 5.11. The molecule has 4 aromatic rings. The van der Waals surface area contributed by atoms with Crippen molar-refractivity contribution in [1.29, 1.82) is 0 Å². The van der Waals surface area contributed by atoms with Gasteiger partial charge in [0.1, 0.15) is 0 Å². The number of carbonyl (C=O) groups excluding carboxylic acids is 4. The molecule has 1 fully saturated rings. The van der Waals surface area contributed by atoms with Crippen molar-refractivity contribution in [2.24, 2.45) is 11.8 Å². The van der Waals surface area contributed by atoms with Crippen LogP contribution in [-0.2, 0) is 14.3 Å². The zero-order valence-electron chi connectivity index (χ0n) is 23.7. The van der Waals surface area contributed by atoms with Crippen molar-refractivity contribution in [2.45, 2.75) is 39.7 Å². The molecule has 3 atom stereocenters. The van der Waals surface area contributed by atoms with Gasteiger partial charge in [0, 0.05) is 16.5 Å². The Hall–Kier alpha value is -4.91. The lowest BCUT2D eigenvalue weighted by molar-refractivity contribution is -0.122. The minimum Gasteiger partial charge on any atom is -0.451 e. The number of anilines is 1. The largest absolute Gasteiger partial charge is 0.451 e. The summed E-state index contributed by atoms with van der Waals surface area (Å²) < 4.78 is 5.68. The molecule has 2 heterocycles. The molecule has 0 spiro atoms. The number of hydrogen-bond donors (Lipinski definition) is 0. The predicted molar refractivity (Wildman–Crippen MR) is 160 cm³/mol. The van der Waals surface area contributed by atoms with Gasteiger partial charge in [-0.1, -0.05) is 65.7 Å². The van der Waals surface area contributed by atoms with Crippen LogP contribution in [0.15, 0.2) is 84.9 Å². The van der Waals surface area contributed by atoms with E-state index < -0.39 is 12.1 Å². The highest BCUT2D eigenvalue weighted by Gasteiger charge is 2.47. The topological polar surface area (TPSA) is 93.6 Å². The second-order valence-electron chi connectivity index (χ2n) is 11.1. The molecule has 0 saturated carbocycles. The molecule has 210 valence electrons. The molecule has 1 aliphatic heterocycles. The van der Waals surface area contributed by atoms with Crippen LogP contribution in [0.4, 0.5) is 5.69 Å². The number of ether oxygens (including phenoxy) is 1. The van der Waals surface area contributed by atoms with Crippen LogP contribution in [0.3, 0.4) is 0 Å². The predicted octanol–water partition coefficient (Wildman–Crippen LogP) is 6.40. The number of Topliss-reactive ketones (excluding diaryl/α,β-unsaturated/α-hetero) is 1. The monoisotopic (exact) mass is 558 g/mol. The standard InChI is InChI=1S/C35H30N2O5/c1-20-8-11-24(12-9-20)32(38)22(3)42-35(41)29-19-31(36-30-17-10-21(2)18-28(29)30)23-13-15-25(16-14-23)37-33(39)26-6-4-5-7-27(26)34(37)40/h4-5,8-19,22,26-27H,6-7H2,1-3H3/t22-,26-,27-/m0/s1. The molecule has 2 amide bonds. The number of nitrogens with zero attached hydrogens (tertiary/aromatic N) is 2. The van der Waals surface area contributed by atoms with Crippen molar-refractivity contribution in [3.05, 3.63) is 107 Å². The van der Waals surface area contributed by atoms with Gasteiger partial charge in [-0.25, -0.2) is 9.78 Å². The van der Waals surface area contributed by atoms with E-state index in [1.165, 1.54) is 4.90 Å². The fraction of sp³-hybridized carbons (Fsp3) is 0.229. The SMILES string of the molecule is Cc1ccc(C(=O)[C@H](C)OC(=O)c2cc(-c3ccc(N4C(=O)[C@H]5CC=CC[C@@H]5C4=O)cc3)nc3ccc(C)cc23)cc1. The number of amides is 2. The first-order valence-electron chi connectivity index (χ1n) is 14.1. The maximum atomic E-state index is 13.5. The number of rotatable bonds is 6. The van der Waals surface area contributed by atoms with Crippen molar-refractivity contribution in [1.82, 2.24) is 4.98 Å². The van der Waals surface area contributed by atoms with Crippen molar-refractivity contribution in [3.8, 4) is 11.3 Å². The van der Waals surface area contributed by atoms with Gasteiger partial charge in [0.15, 0.2) is 6.10 Å². The highest BCUT2D eigenvalue weighted by Crippen LogP contribution is 2.38. The van der Waals surface area contributed by atoms with Crippen molar-refractivity contribution in [3.63, 3.8) is 0 Å². The van der Waals surface area contributed by atoms with E-state index in [2.05, 4.69) is 0 Å². The van der Waals surface area contributed by atoms with Crippen LogP contribution in [0.5, 0.6) is 0 Å². The number of fused-ring (bicyclic) bond motifs is 2. The maximum Gasteiger partial charge on any atom is 0.339 e. The molecule has 0 unspecified atom stereocenters. The van der Waals surface area contributed by atoms with E-state index >= 15 is 0 Å². The molecule has 0 bridgehead atoms. The first-order chi connectivity index (χ1) is 20.2. The van der Waals surface area contributed by atoms with Gasteiger partial charge in [-0.3, -0.25) is 19.3 Å². The third kappa shape index (κ3) is 4.91. The summed E-state index contributed by atoms with van der Waals surface area (Å²) in [5, 5.41) is 0.625. The highest BCUT2D eigenvalue weighted by molar-refractivity contribution is 6.22. The Morgan fingerprint density at radius 3 is 2.10 bits per heavy atom. The summed E-state index contributed by atoms with van der Waals surface area (Å²) in [4.78, 5) is 58.6. The van der Waals surface area contributed by atoms with Crippen molar-refractivity contribution >= 4 is 40.2 Å². The number of hydrogen-bond acceptors (Lipinski definition) is 6. The van der Waals surface area contributed by atoms with E-state index in [-0.39, 0.29) is 29.4 Å². The Kier molecular flexibility index (Phi) is 7.02.